The number of hydrogen-bond acceptors (Lipinski definition) is 3. The van der Waals surface area contributed by atoms with Gasteiger partial charge in [-0.25, -0.2) is 0 Å². The van der Waals surface area contributed by atoms with E-state index in [1.807, 2.05) is 12.3 Å². The number of aryl methyl sites for hydroxylation is 1. The molecule has 0 aromatic carbocycles. The van der Waals surface area contributed by atoms with Gasteiger partial charge in [-0.05, 0) is 51.7 Å². The van der Waals surface area contributed by atoms with Crippen LogP contribution in [0.5, 0.6) is 0 Å². The summed E-state index contributed by atoms with van der Waals surface area (Å²) in [6.45, 7) is 6.98. The van der Waals surface area contributed by atoms with E-state index in [1.54, 1.807) is 0 Å². The van der Waals surface area contributed by atoms with Crippen molar-refractivity contribution in [2.45, 2.75) is 57.6 Å². The van der Waals surface area contributed by atoms with Gasteiger partial charge in [-0.3, -0.25) is 4.98 Å². The Morgan fingerprint density at radius 1 is 1.50 bits per heavy atom. The predicted molar refractivity (Wildman–Crippen MR) is 73.7 cm³/mol. The zero-order valence-corrected chi connectivity index (χ0v) is 11.6. The Kier molecular flexibility index (Phi) is 4.03. The smallest absolute Gasteiger partial charge is 0.0748 e. The van der Waals surface area contributed by atoms with Crippen LogP contribution in [-0.2, 0) is 6.42 Å². The summed E-state index contributed by atoms with van der Waals surface area (Å²) in [7, 11) is 0. The molecule has 1 aromatic rings. The van der Waals surface area contributed by atoms with E-state index in [9.17, 15) is 5.11 Å². The average Bonchev–Trinajstić information content (AvgIpc) is 2.34. The van der Waals surface area contributed by atoms with Gasteiger partial charge in [0, 0.05) is 29.9 Å². The van der Waals surface area contributed by atoms with Crippen LogP contribution in [0.3, 0.4) is 0 Å². The third-order valence-electron chi connectivity index (χ3n) is 3.54. The molecular formula is C15H24N2O. The number of aliphatic hydroxyl groups is 1. The monoisotopic (exact) mass is 248 g/mol. The first-order valence-electron chi connectivity index (χ1n) is 6.84. The summed E-state index contributed by atoms with van der Waals surface area (Å²) in [6.07, 6.45) is 4.77. The number of pyridine rings is 1. The molecule has 0 amide bonds. The van der Waals surface area contributed by atoms with E-state index in [4.69, 9.17) is 0 Å². The molecule has 0 fully saturated rings. The first-order chi connectivity index (χ1) is 8.47. The lowest BCUT2D eigenvalue weighted by molar-refractivity contribution is 0.122. The quantitative estimate of drug-likeness (QED) is 0.862. The van der Waals surface area contributed by atoms with Crippen LogP contribution in [0.4, 0.5) is 0 Å². The molecule has 2 rings (SSSR count). The summed E-state index contributed by atoms with van der Waals surface area (Å²) < 4.78 is 0. The maximum Gasteiger partial charge on any atom is 0.0748 e. The van der Waals surface area contributed by atoms with E-state index in [0.29, 0.717) is 6.54 Å². The topological polar surface area (TPSA) is 45.1 Å². The van der Waals surface area contributed by atoms with Crippen LogP contribution >= 0.6 is 0 Å². The summed E-state index contributed by atoms with van der Waals surface area (Å²) in [5, 5.41) is 13.8. The molecule has 3 heteroatoms. The van der Waals surface area contributed by atoms with E-state index in [1.165, 1.54) is 5.56 Å². The van der Waals surface area contributed by atoms with Crippen molar-refractivity contribution in [3.63, 3.8) is 0 Å². The molecule has 18 heavy (non-hydrogen) atoms. The van der Waals surface area contributed by atoms with Gasteiger partial charge < -0.3 is 10.4 Å². The fourth-order valence-electron chi connectivity index (χ4n) is 2.57. The number of aromatic nitrogens is 1. The minimum atomic E-state index is -0.349. The van der Waals surface area contributed by atoms with Gasteiger partial charge in [0.05, 0.1) is 6.10 Å². The van der Waals surface area contributed by atoms with E-state index < -0.39 is 0 Å². The molecule has 100 valence electrons. The SMILES string of the molecule is CC(C)(C)NCC(O)C1CCCc2cccnc21. The molecule has 1 heterocycles. The average molecular weight is 248 g/mol. The maximum absolute atomic E-state index is 10.4. The zero-order valence-electron chi connectivity index (χ0n) is 11.6. The first kappa shape index (κ1) is 13.5. The molecule has 0 saturated heterocycles. The van der Waals surface area contributed by atoms with Crippen LogP contribution in [0, 0.1) is 0 Å². The molecule has 0 aliphatic heterocycles. The summed E-state index contributed by atoms with van der Waals surface area (Å²) in [4.78, 5) is 4.48. The molecule has 1 aliphatic carbocycles. The third-order valence-corrected chi connectivity index (χ3v) is 3.54. The number of hydrogen-bond donors (Lipinski definition) is 2. The minimum Gasteiger partial charge on any atom is -0.391 e. The lowest BCUT2D eigenvalue weighted by atomic mass is 9.83. The van der Waals surface area contributed by atoms with Crippen molar-refractivity contribution in [1.29, 1.82) is 0 Å². The fourth-order valence-corrected chi connectivity index (χ4v) is 2.57. The van der Waals surface area contributed by atoms with Crippen LogP contribution < -0.4 is 5.32 Å². The van der Waals surface area contributed by atoms with Gasteiger partial charge in [0.15, 0.2) is 0 Å². The van der Waals surface area contributed by atoms with Crippen molar-refractivity contribution >= 4 is 0 Å². The van der Waals surface area contributed by atoms with E-state index in [2.05, 4.69) is 37.1 Å². The van der Waals surface area contributed by atoms with Crippen molar-refractivity contribution in [3.8, 4) is 0 Å². The maximum atomic E-state index is 10.4. The molecule has 0 spiro atoms. The van der Waals surface area contributed by atoms with Gasteiger partial charge in [0.25, 0.3) is 0 Å². The number of rotatable bonds is 3. The molecule has 2 N–H and O–H groups in total. The standard InChI is InChI=1S/C15H24N2O/c1-15(2,3)17-10-13(18)12-8-4-6-11-7-5-9-16-14(11)12/h5,7,9,12-13,17-18H,4,6,8,10H2,1-3H3. The molecular weight excluding hydrogens is 224 g/mol. The lowest BCUT2D eigenvalue weighted by Gasteiger charge is -2.30. The summed E-state index contributed by atoms with van der Waals surface area (Å²) in [5.41, 5.74) is 2.46. The normalized spacial score (nSPS) is 21.4. The van der Waals surface area contributed by atoms with Crippen molar-refractivity contribution in [2.75, 3.05) is 6.54 Å². The molecule has 0 saturated carbocycles. The molecule has 2 unspecified atom stereocenters. The van der Waals surface area contributed by atoms with Crippen LogP contribution in [0.25, 0.3) is 0 Å². The highest BCUT2D eigenvalue weighted by Gasteiger charge is 2.28. The van der Waals surface area contributed by atoms with Crippen LogP contribution in [0.1, 0.15) is 50.8 Å². The van der Waals surface area contributed by atoms with Crippen LogP contribution in [-0.4, -0.2) is 28.3 Å². The minimum absolute atomic E-state index is 0.0442. The number of β-amino-alcohol motifs (C(OH)–C–C–N with tert-alkyl or cyclic N) is 1. The van der Waals surface area contributed by atoms with Crippen LogP contribution in [0.2, 0.25) is 0 Å². The van der Waals surface area contributed by atoms with Gasteiger partial charge in [-0.2, -0.15) is 0 Å². The fraction of sp³-hybridized carbons (Fsp3) is 0.667. The largest absolute Gasteiger partial charge is 0.391 e. The molecule has 3 nitrogen and oxygen atoms in total. The summed E-state index contributed by atoms with van der Waals surface area (Å²) >= 11 is 0. The highest BCUT2D eigenvalue weighted by atomic mass is 16.3. The Morgan fingerprint density at radius 2 is 2.28 bits per heavy atom. The highest BCUT2D eigenvalue weighted by molar-refractivity contribution is 5.27. The van der Waals surface area contributed by atoms with Crippen molar-refractivity contribution in [2.24, 2.45) is 0 Å². The summed E-state index contributed by atoms with van der Waals surface area (Å²) in [6, 6.07) is 4.12. The van der Waals surface area contributed by atoms with E-state index in [-0.39, 0.29) is 17.6 Å². The Labute approximate surface area is 110 Å². The van der Waals surface area contributed by atoms with E-state index >= 15 is 0 Å². The number of aliphatic hydroxyl groups excluding tert-OH is 1. The third kappa shape index (κ3) is 3.30. The number of fused-ring (bicyclic) bond motifs is 1. The van der Waals surface area contributed by atoms with Crippen LogP contribution in [0.15, 0.2) is 18.3 Å². The summed E-state index contributed by atoms with van der Waals surface area (Å²) in [5.74, 6) is 0.185. The Morgan fingerprint density at radius 3 is 3.00 bits per heavy atom. The molecule has 0 bridgehead atoms. The Balaban J connectivity index is 2.06. The van der Waals surface area contributed by atoms with Gasteiger partial charge >= 0.3 is 0 Å². The predicted octanol–water partition coefficient (Wildman–Crippen LogP) is 2.25. The van der Waals surface area contributed by atoms with Crippen molar-refractivity contribution < 1.29 is 5.11 Å². The molecule has 1 aliphatic rings. The van der Waals surface area contributed by atoms with Crippen molar-refractivity contribution in [3.05, 3.63) is 29.6 Å². The Bertz CT molecular complexity index is 398. The van der Waals surface area contributed by atoms with Gasteiger partial charge in [0.1, 0.15) is 0 Å². The second-order valence-corrected chi connectivity index (χ2v) is 6.24. The molecule has 2 atom stereocenters. The second kappa shape index (κ2) is 5.37. The van der Waals surface area contributed by atoms with Gasteiger partial charge in [-0.1, -0.05) is 6.07 Å². The lowest BCUT2D eigenvalue weighted by Crippen LogP contribution is -2.43. The van der Waals surface area contributed by atoms with Gasteiger partial charge in [-0.15, -0.1) is 0 Å². The highest BCUT2D eigenvalue weighted by Crippen LogP contribution is 2.32. The molecule has 0 radical (unpaired) electrons. The molecule has 1 aromatic heterocycles. The second-order valence-electron chi connectivity index (χ2n) is 6.24. The first-order valence-corrected chi connectivity index (χ1v) is 6.84. The van der Waals surface area contributed by atoms with Gasteiger partial charge in [0.2, 0.25) is 0 Å². The Hall–Kier alpha value is -0.930. The number of nitrogens with zero attached hydrogens (tertiary/aromatic N) is 1. The zero-order chi connectivity index (χ0) is 13.2. The van der Waals surface area contributed by atoms with Crippen molar-refractivity contribution in [1.82, 2.24) is 10.3 Å². The van der Waals surface area contributed by atoms with E-state index in [0.717, 1.165) is 25.0 Å². The number of nitrogens with one attached hydrogen (secondary N) is 1.